The second kappa shape index (κ2) is 5.13. The molecule has 3 unspecified atom stereocenters. The predicted octanol–water partition coefficient (Wildman–Crippen LogP) is 2.09. The van der Waals surface area contributed by atoms with E-state index in [9.17, 15) is 0 Å². The molecule has 1 fully saturated rings. The average Bonchev–Trinajstić information content (AvgIpc) is 2.98. The molecule has 84 valence electrons. The van der Waals surface area contributed by atoms with Crippen molar-refractivity contribution in [3.8, 4) is 0 Å². The van der Waals surface area contributed by atoms with Crippen molar-refractivity contribution in [3.63, 3.8) is 0 Å². The van der Waals surface area contributed by atoms with Crippen LogP contribution in [0.2, 0.25) is 0 Å². The fraction of sp³-hybridized carbons (Fsp3) is 1.00. The summed E-state index contributed by atoms with van der Waals surface area (Å²) in [4.78, 5) is 2.44. The molecule has 1 saturated carbocycles. The van der Waals surface area contributed by atoms with Crippen molar-refractivity contribution in [2.75, 3.05) is 13.6 Å². The van der Waals surface area contributed by atoms with Gasteiger partial charge in [0.2, 0.25) is 0 Å². The Morgan fingerprint density at radius 1 is 1.36 bits per heavy atom. The van der Waals surface area contributed by atoms with E-state index in [1.807, 2.05) is 0 Å². The summed E-state index contributed by atoms with van der Waals surface area (Å²) in [5.41, 5.74) is 6.15. The highest BCUT2D eigenvalue weighted by Gasteiger charge is 2.31. The van der Waals surface area contributed by atoms with Crippen LogP contribution in [0.1, 0.15) is 40.0 Å². The lowest BCUT2D eigenvalue weighted by Gasteiger charge is -2.29. The minimum atomic E-state index is 0.339. The third-order valence-corrected chi connectivity index (χ3v) is 3.87. The third-order valence-electron chi connectivity index (χ3n) is 3.87. The summed E-state index contributed by atoms with van der Waals surface area (Å²) in [5.74, 6) is 1.59. The summed E-state index contributed by atoms with van der Waals surface area (Å²) in [6, 6.07) is 1.07. The number of nitrogens with zero attached hydrogens (tertiary/aromatic N) is 1. The maximum Gasteiger partial charge on any atom is 0.0193 e. The zero-order valence-corrected chi connectivity index (χ0v) is 10.2. The quantitative estimate of drug-likeness (QED) is 0.708. The third kappa shape index (κ3) is 3.25. The van der Waals surface area contributed by atoms with Crippen LogP contribution in [0.25, 0.3) is 0 Å². The molecule has 1 rings (SSSR count). The maximum absolute atomic E-state index is 6.15. The second-order valence-electron chi connectivity index (χ2n) is 5.07. The Hall–Kier alpha value is -0.0800. The molecule has 1 aliphatic carbocycles. The van der Waals surface area contributed by atoms with Gasteiger partial charge in [0.1, 0.15) is 0 Å². The molecule has 0 radical (unpaired) electrons. The van der Waals surface area contributed by atoms with Gasteiger partial charge >= 0.3 is 0 Å². The second-order valence-corrected chi connectivity index (χ2v) is 5.07. The predicted molar refractivity (Wildman–Crippen MR) is 62.2 cm³/mol. The highest BCUT2D eigenvalue weighted by Crippen LogP contribution is 2.34. The Kier molecular flexibility index (Phi) is 4.39. The highest BCUT2D eigenvalue weighted by molar-refractivity contribution is 4.85. The van der Waals surface area contributed by atoms with Crippen molar-refractivity contribution in [2.24, 2.45) is 17.6 Å². The van der Waals surface area contributed by atoms with Gasteiger partial charge in [-0.3, -0.25) is 0 Å². The van der Waals surface area contributed by atoms with Crippen LogP contribution in [0.15, 0.2) is 0 Å². The molecular weight excluding hydrogens is 172 g/mol. The lowest BCUT2D eigenvalue weighted by Crippen LogP contribution is -2.43. The summed E-state index contributed by atoms with van der Waals surface area (Å²) in [5, 5.41) is 0. The van der Waals surface area contributed by atoms with E-state index in [0.29, 0.717) is 12.0 Å². The van der Waals surface area contributed by atoms with Crippen LogP contribution < -0.4 is 5.73 Å². The molecule has 0 bridgehead atoms. The van der Waals surface area contributed by atoms with Crippen LogP contribution in [0.5, 0.6) is 0 Å². The summed E-state index contributed by atoms with van der Waals surface area (Å²) in [6.45, 7) is 7.85. The molecule has 0 amide bonds. The molecule has 0 aromatic heterocycles. The van der Waals surface area contributed by atoms with Crippen molar-refractivity contribution in [1.29, 1.82) is 0 Å². The molecule has 0 aromatic carbocycles. The van der Waals surface area contributed by atoms with Gasteiger partial charge in [-0.05, 0) is 38.6 Å². The van der Waals surface area contributed by atoms with Gasteiger partial charge in [-0.2, -0.15) is 0 Å². The van der Waals surface area contributed by atoms with Gasteiger partial charge in [0, 0.05) is 18.6 Å². The molecule has 3 atom stereocenters. The van der Waals surface area contributed by atoms with Crippen LogP contribution in [0, 0.1) is 11.8 Å². The Balaban J connectivity index is 2.27. The molecule has 2 nitrogen and oxygen atoms in total. The zero-order valence-electron chi connectivity index (χ0n) is 10.2. The Morgan fingerprint density at radius 2 is 1.93 bits per heavy atom. The summed E-state index contributed by atoms with van der Waals surface area (Å²) >= 11 is 0. The van der Waals surface area contributed by atoms with E-state index in [4.69, 9.17) is 5.73 Å². The molecule has 2 N–H and O–H groups in total. The Bertz CT molecular complexity index is 166. The van der Waals surface area contributed by atoms with Gasteiger partial charge in [-0.15, -0.1) is 0 Å². The van der Waals surface area contributed by atoms with Crippen molar-refractivity contribution in [3.05, 3.63) is 0 Å². The number of hydrogen-bond acceptors (Lipinski definition) is 2. The van der Waals surface area contributed by atoms with Crippen molar-refractivity contribution < 1.29 is 0 Å². The molecule has 14 heavy (non-hydrogen) atoms. The first kappa shape index (κ1) is 12.0. The zero-order chi connectivity index (χ0) is 10.7. The van der Waals surface area contributed by atoms with Gasteiger partial charge in [-0.25, -0.2) is 0 Å². The van der Waals surface area contributed by atoms with Gasteiger partial charge in [0.15, 0.2) is 0 Å². The number of hydrogen-bond donors (Lipinski definition) is 1. The van der Waals surface area contributed by atoms with Crippen LogP contribution in [-0.2, 0) is 0 Å². The van der Waals surface area contributed by atoms with E-state index in [1.54, 1.807) is 0 Å². The SMILES string of the molecule is CCC(C)C(N)CN(C)C(C)C1CC1. The minimum absolute atomic E-state index is 0.339. The number of likely N-dealkylation sites (N-methyl/N-ethyl adjacent to an activating group) is 1. The van der Waals surface area contributed by atoms with Crippen LogP contribution in [-0.4, -0.2) is 30.6 Å². The molecular formula is C12H26N2. The van der Waals surface area contributed by atoms with E-state index in [0.717, 1.165) is 18.5 Å². The normalized spacial score (nSPS) is 23.6. The lowest BCUT2D eigenvalue weighted by molar-refractivity contribution is 0.202. The molecule has 0 spiro atoms. The number of rotatable bonds is 6. The van der Waals surface area contributed by atoms with Crippen molar-refractivity contribution >= 4 is 0 Å². The molecule has 0 saturated heterocycles. The molecule has 0 aliphatic heterocycles. The van der Waals surface area contributed by atoms with Gasteiger partial charge in [0.25, 0.3) is 0 Å². The topological polar surface area (TPSA) is 29.3 Å². The van der Waals surface area contributed by atoms with Crippen LogP contribution in [0.4, 0.5) is 0 Å². The number of nitrogens with two attached hydrogens (primary N) is 1. The standard InChI is InChI=1S/C12H26N2/c1-5-9(2)12(13)8-14(4)10(3)11-6-7-11/h9-12H,5-8,13H2,1-4H3. The average molecular weight is 198 g/mol. The van der Waals surface area contributed by atoms with Gasteiger partial charge in [-0.1, -0.05) is 20.3 Å². The minimum Gasteiger partial charge on any atom is -0.326 e. The largest absolute Gasteiger partial charge is 0.326 e. The van der Waals surface area contributed by atoms with Crippen molar-refractivity contribution in [2.45, 2.75) is 52.1 Å². The van der Waals surface area contributed by atoms with Crippen LogP contribution >= 0.6 is 0 Å². The summed E-state index contributed by atoms with van der Waals surface area (Å²) in [7, 11) is 2.21. The first-order valence-electron chi connectivity index (χ1n) is 6.02. The monoisotopic (exact) mass is 198 g/mol. The summed E-state index contributed by atoms with van der Waals surface area (Å²) < 4.78 is 0. The van der Waals surface area contributed by atoms with Gasteiger partial charge in [0.05, 0.1) is 0 Å². The van der Waals surface area contributed by atoms with Crippen molar-refractivity contribution in [1.82, 2.24) is 4.90 Å². The molecule has 0 heterocycles. The Morgan fingerprint density at radius 3 is 2.36 bits per heavy atom. The lowest BCUT2D eigenvalue weighted by atomic mass is 9.99. The molecule has 1 aliphatic rings. The first-order valence-corrected chi connectivity index (χ1v) is 6.02. The fourth-order valence-electron chi connectivity index (χ4n) is 1.92. The molecule has 0 aromatic rings. The van der Waals surface area contributed by atoms with E-state index >= 15 is 0 Å². The van der Waals surface area contributed by atoms with E-state index in [-0.39, 0.29) is 0 Å². The first-order chi connectivity index (χ1) is 6.56. The smallest absolute Gasteiger partial charge is 0.0193 e. The van der Waals surface area contributed by atoms with E-state index < -0.39 is 0 Å². The van der Waals surface area contributed by atoms with Crippen LogP contribution in [0.3, 0.4) is 0 Å². The van der Waals surface area contributed by atoms with Gasteiger partial charge < -0.3 is 10.6 Å². The maximum atomic E-state index is 6.15. The summed E-state index contributed by atoms with van der Waals surface area (Å²) in [6.07, 6.45) is 4.03. The van der Waals surface area contributed by atoms with E-state index in [1.165, 1.54) is 19.3 Å². The van der Waals surface area contributed by atoms with E-state index in [2.05, 4.69) is 32.7 Å². The Labute approximate surface area is 88.8 Å². The fourth-order valence-corrected chi connectivity index (χ4v) is 1.92. The highest BCUT2D eigenvalue weighted by atomic mass is 15.1. The molecule has 2 heteroatoms.